The standard InChI is InChI=1S/C7H8N2O/c1-2-8-3-7-5-10-9-4-6(1)7/h1-3,9H,4-5H2. The van der Waals surface area contributed by atoms with Gasteiger partial charge in [-0.25, -0.2) is 0 Å². The maximum absolute atomic E-state index is 5.01. The summed E-state index contributed by atoms with van der Waals surface area (Å²) in [5.41, 5.74) is 5.27. The first-order valence-corrected chi connectivity index (χ1v) is 3.23. The van der Waals surface area contributed by atoms with Crippen LogP contribution in [0.2, 0.25) is 0 Å². The third kappa shape index (κ3) is 0.894. The van der Waals surface area contributed by atoms with Gasteiger partial charge in [-0.15, -0.1) is 0 Å². The number of nitrogens with zero attached hydrogens (tertiary/aromatic N) is 1. The van der Waals surface area contributed by atoms with Crippen molar-refractivity contribution in [3.8, 4) is 0 Å². The van der Waals surface area contributed by atoms with E-state index in [2.05, 4.69) is 10.5 Å². The Morgan fingerprint density at radius 2 is 2.50 bits per heavy atom. The molecular formula is C7H8N2O. The molecule has 0 amide bonds. The molecule has 0 aromatic carbocycles. The van der Waals surface area contributed by atoms with Gasteiger partial charge in [0.05, 0.1) is 6.61 Å². The molecule has 3 nitrogen and oxygen atoms in total. The average Bonchev–Trinajstić information content (AvgIpc) is 2.05. The van der Waals surface area contributed by atoms with E-state index in [-0.39, 0.29) is 0 Å². The fraction of sp³-hybridized carbons (Fsp3) is 0.286. The highest BCUT2D eigenvalue weighted by molar-refractivity contribution is 5.22. The highest BCUT2D eigenvalue weighted by Gasteiger charge is 2.06. The molecule has 0 fully saturated rings. The van der Waals surface area contributed by atoms with Crippen molar-refractivity contribution in [1.29, 1.82) is 0 Å². The molecular weight excluding hydrogens is 128 g/mol. The first-order chi connectivity index (χ1) is 4.97. The molecule has 1 N–H and O–H groups in total. The molecule has 2 rings (SSSR count). The highest BCUT2D eigenvalue weighted by Crippen LogP contribution is 2.10. The van der Waals surface area contributed by atoms with E-state index >= 15 is 0 Å². The Hall–Kier alpha value is -0.930. The molecule has 1 aromatic heterocycles. The molecule has 10 heavy (non-hydrogen) atoms. The summed E-state index contributed by atoms with van der Waals surface area (Å²) in [7, 11) is 0. The number of pyridine rings is 1. The normalized spacial score (nSPS) is 16.4. The van der Waals surface area contributed by atoms with Gasteiger partial charge >= 0.3 is 0 Å². The van der Waals surface area contributed by atoms with Crippen LogP contribution >= 0.6 is 0 Å². The number of rotatable bonds is 0. The quantitative estimate of drug-likeness (QED) is 0.567. The molecule has 0 spiro atoms. The predicted molar refractivity (Wildman–Crippen MR) is 35.9 cm³/mol. The van der Waals surface area contributed by atoms with Gasteiger partial charge in [0.2, 0.25) is 0 Å². The minimum absolute atomic E-state index is 0.628. The van der Waals surface area contributed by atoms with E-state index in [0.717, 1.165) is 6.54 Å². The molecule has 2 heterocycles. The van der Waals surface area contributed by atoms with Crippen molar-refractivity contribution in [3.05, 3.63) is 29.6 Å². The van der Waals surface area contributed by atoms with Gasteiger partial charge in [0.1, 0.15) is 0 Å². The van der Waals surface area contributed by atoms with E-state index < -0.39 is 0 Å². The second kappa shape index (κ2) is 2.36. The Kier molecular flexibility index (Phi) is 1.38. The van der Waals surface area contributed by atoms with Crippen LogP contribution in [0.15, 0.2) is 18.5 Å². The molecule has 0 saturated heterocycles. The number of hydrogen-bond donors (Lipinski definition) is 1. The Labute approximate surface area is 59.0 Å². The van der Waals surface area contributed by atoms with E-state index in [1.54, 1.807) is 6.20 Å². The van der Waals surface area contributed by atoms with Crippen molar-refractivity contribution < 1.29 is 4.84 Å². The van der Waals surface area contributed by atoms with Crippen molar-refractivity contribution in [2.24, 2.45) is 0 Å². The lowest BCUT2D eigenvalue weighted by Crippen LogP contribution is -2.20. The van der Waals surface area contributed by atoms with Gasteiger partial charge in [-0.2, -0.15) is 5.48 Å². The Balaban J connectivity index is 2.41. The van der Waals surface area contributed by atoms with Gasteiger partial charge in [0.25, 0.3) is 0 Å². The van der Waals surface area contributed by atoms with Gasteiger partial charge in [0, 0.05) is 24.5 Å². The van der Waals surface area contributed by atoms with Crippen LogP contribution in [0.4, 0.5) is 0 Å². The van der Waals surface area contributed by atoms with Gasteiger partial charge in [-0.1, -0.05) is 0 Å². The molecule has 0 bridgehead atoms. The molecule has 3 heteroatoms. The van der Waals surface area contributed by atoms with Gasteiger partial charge in [-0.05, 0) is 11.6 Å². The summed E-state index contributed by atoms with van der Waals surface area (Å²) in [5, 5.41) is 0. The maximum Gasteiger partial charge on any atom is 0.0951 e. The van der Waals surface area contributed by atoms with Gasteiger partial charge < -0.3 is 0 Å². The van der Waals surface area contributed by atoms with Crippen LogP contribution in [0.5, 0.6) is 0 Å². The number of nitrogens with one attached hydrogen (secondary N) is 1. The zero-order valence-corrected chi connectivity index (χ0v) is 5.50. The Morgan fingerprint density at radius 1 is 1.50 bits per heavy atom. The molecule has 0 unspecified atom stereocenters. The summed E-state index contributed by atoms with van der Waals surface area (Å²) >= 11 is 0. The number of aromatic nitrogens is 1. The summed E-state index contributed by atoms with van der Waals surface area (Å²) in [4.78, 5) is 9.00. The van der Waals surface area contributed by atoms with E-state index in [9.17, 15) is 0 Å². The van der Waals surface area contributed by atoms with Crippen molar-refractivity contribution in [2.75, 3.05) is 0 Å². The second-order valence-electron chi connectivity index (χ2n) is 2.25. The third-order valence-electron chi connectivity index (χ3n) is 1.60. The molecule has 0 atom stereocenters. The topological polar surface area (TPSA) is 34.1 Å². The van der Waals surface area contributed by atoms with Gasteiger partial charge in [-0.3, -0.25) is 9.82 Å². The van der Waals surface area contributed by atoms with Crippen LogP contribution in [0.25, 0.3) is 0 Å². The minimum Gasteiger partial charge on any atom is -0.297 e. The van der Waals surface area contributed by atoms with Crippen molar-refractivity contribution >= 4 is 0 Å². The molecule has 0 aliphatic carbocycles. The average molecular weight is 136 g/mol. The minimum atomic E-state index is 0.628. The summed E-state index contributed by atoms with van der Waals surface area (Å²) in [6, 6.07) is 2.00. The summed E-state index contributed by atoms with van der Waals surface area (Å²) in [5.74, 6) is 0. The maximum atomic E-state index is 5.01. The fourth-order valence-corrected chi connectivity index (χ4v) is 1.02. The summed E-state index contributed by atoms with van der Waals surface area (Å²) in [6.07, 6.45) is 3.64. The van der Waals surface area contributed by atoms with Crippen molar-refractivity contribution in [2.45, 2.75) is 13.2 Å². The first-order valence-electron chi connectivity index (χ1n) is 3.23. The number of hydrogen-bond acceptors (Lipinski definition) is 3. The van der Waals surface area contributed by atoms with E-state index in [1.165, 1.54) is 11.1 Å². The predicted octanol–water partition coefficient (Wildman–Crippen LogP) is 0.616. The van der Waals surface area contributed by atoms with Crippen LogP contribution in [0, 0.1) is 0 Å². The lowest BCUT2D eigenvalue weighted by atomic mass is 10.1. The van der Waals surface area contributed by atoms with Crippen LogP contribution in [-0.2, 0) is 18.0 Å². The SMILES string of the molecule is c1cc2c(cn1)CONC2. The first kappa shape index (κ1) is 5.82. The lowest BCUT2D eigenvalue weighted by Gasteiger charge is -2.15. The lowest BCUT2D eigenvalue weighted by molar-refractivity contribution is 0.0106. The second-order valence-corrected chi connectivity index (χ2v) is 2.25. The zero-order chi connectivity index (χ0) is 6.81. The third-order valence-corrected chi connectivity index (χ3v) is 1.60. The van der Waals surface area contributed by atoms with Crippen molar-refractivity contribution in [1.82, 2.24) is 10.5 Å². The van der Waals surface area contributed by atoms with Crippen LogP contribution in [-0.4, -0.2) is 4.98 Å². The monoisotopic (exact) mass is 136 g/mol. The fourth-order valence-electron chi connectivity index (χ4n) is 1.02. The Bertz CT molecular complexity index is 212. The van der Waals surface area contributed by atoms with Gasteiger partial charge in [0.15, 0.2) is 0 Å². The number of hydroxylamine groups is 1. The van der Waals surface area contributed by atoms with Crippen LogP contribution in [0.1, 0.15) is 11.1 Å². The van der Waals surface area contributed by atoms with Crippen LogP contribution in [0.3, 0.4) is 0 Å². The van der Waals surface area contributed by atoms with E-state index in [4.69, 9.17) is 4.84 Å². The molecule has 1 aliphatic heterocycles. The number of fused-ring (bicyclic) bond motifs is 1. The molecule has 0 saturated carbocycles. The molecule has 0 radical (unpaired) electrons. The zero-order valence-electron chi connectivity index (χ0n) is 5.50. The summed E-state index contributed by atoms with van der Waals surface area (Å²) < 4.78 is 0. The van der Waals surface area contributed by atoms with E-state index in [1.807, 2.05) is 12.3 Å². The van der Waals surface area contributed by atoms with Crippen LogP contribution < -0.4 is 5.48 Å². The van der Waals surface area contributed by atoms with E-state index in [0.29, 0.717) is 6.61 Å². The summed E-state index contributed by atoms with van der Waals surface area (Å²) in [6.45, 7) is 1.42. The van der Waals surface area contributed by atoms with Crippen molar-refractivity contribution in [3.63, 3.8) is 0 Å². The Morgan fingerprint density at radius 3 is 3.40 bits per heavy atom. The molecule has 1 aliphatic rings. The molecule has 52 valence electrons. The smallest absolute Gasteiger partial charge is 0.0951 e. The largest absolute Gasteiger partial charge is 0.297 e. The molecule has 1 aromatic rings. The highest BCUT2D eigenvalue weighted by atomic mass is 16.6.